The average molecular weight is 195 g/mol. The second kappa shape index (κ2) is 4.62. The largest absolute Gasteiger partial charge is 0.506 e. The van der Waals surface area contributed by atoms with Crippen LogP contribution in [-0.2, 0) is 4.79 Å². The quantitative estimate of drug-likeness (QED) is 0.502. The molecule has 14 heavy (non-hydrogen) atoms. The van der Waals surface area contributed by atoms with E-state index in [4.69, 9.17) is 0 Å². The second-order valence-electron chi connectivity index (χ2n) is 2.96. The van der Waals surface area contributed by atoms with Gasteiger partial charge in [0.05, 0.1) is 11.8 Å². The van der Waals surface area contributed by atoms with Gasteiger partial charge in [0.25, 0.3) is 0 Å². The van der Waals surface area contributed by atoms with E-state index in [1.807, 2.05) is 6.92 Å². The highest BCUT2D eigenvalue weighted by Gasteiger charge is 2.07. The third kappa shape index (κ3) is 2.23. The summed E-state index contributed by atoms with van der Waals surface area (Å²) in [7, 11) is 0. The Morgan fingerprint density at radius 1 is 1.57 bits per heavy atom. The van der Waals surface area contributed by atoms with Crippen molar-refractivity contribution in [2.75, 3.05) is 5.32 Å². The van der Waals surface area contributed by atoms with Crippen molar-refractivity contribution in [2.24, 2.45) is 0 Å². The number of aliphatic hydroxyl groups excluding tert-OH is 1. The number of hydrogen-bond donors (Lipinski definition) is 3. The van der Waals surface area contributed by atoms with Crippen LogP contribution in [0.1, 0.15) is 25.0 Å². The molecule has 4 nitrogen and oxygen atoms in total. The Labute approximate surface area is 82.2 Å². The number of carbonyl (C=O) groups is 1. The maximum Gasteiger partial charge on any atom is 0.211 e. The minimum absolute atomic E-state index is 0.0100. The number of carbonyl (C=O) groups excluding carboxylic acids is 1. The van der Waals surface area contributed by atoms with Crippen molar-refractivity contribution >= 4 is 12.1 Å². The van der Waals surface area contributed by atoms with Gasteiger partial charge in [-0.15, -0.1) is 0 Å². The maximum atomic E-state index is 10.2. The third-order valence-electron chi connectivity index (χ3n) is 2.01. The first-order valence-electron chi connectivity index (χ1n) is 4.40. The van der Waals surface area contributed by atoms with E-state index in [0.717, 1.165) is 0 Å². The lowest BCUT2D eigenvalue weighted by molar-refractivity contribution is -0.105. The Kier molecular flexibility index (Phi) is 3.48. The molecule has 76 valence electrons. The Hall–Kier alpha value is -1.55. The zero-order valence-corrected chi connectivity index (χ0v) is 7.90. The number of amides is 1. The average Bonchev–Trinajstić information content (AvgIpc) is 2.20. The minimum atomic E-state index is -0.567. The monoisotopic (exact) mass is 195 g/mol. The molecule has 1 amide bonds. The summed E-state index contributed by atoms with van der Waals surface area (Å²) in [6.07, 6.45) is 0.505. The van der Waals surface area contributed by atoms with Crippen LogP contribution in [0, 0.1) is 0 Å². The molecule has 0 radical (unpaired) electrons. The van der Waals surface area contributed by atoms with E-state index >= 15 is 0 Å². The zero-order valence-electron chi connectivity index (χ0n) is 7.90. The van der Waals surface area contributed by atoms with Crippen LogP contribution < -0.4 is 5.32 Å². The molecule has 0 fully saturated rings. The lowest BCUT2D eigenvalue weighted by Gasteiger charge is -2.10. The van der Waals surface area contributed by atoms with E-state index in [0.29, 0.717) is 24.1 Å². The van der Waals surface area contributed by atoms with Crippen molar-refractivity contribution < 1.29 is 15.0 Å². The third-order valence-corrected chi connectivity index (χ3v) is 2.01. The van der Waals surface area contributed by atoms with E-state index in [1.165, 1.54) is 6.07 Å². The summed E-state index contributed by atoms with van der Waals surface area (Å²) >= 11 is 0. The van der Waals surface area contributed by atoms with Crippen molar-refractivity contribution in [3.8, 4) is 5.75 Å². The van der Waals surface area contributed by atoms with Gasteiger partial charge in [-0.25, -0.2) is 0 Å². The maximum absolute atomic E-state index is 10.2. The molecule has 3 N–H and O–H groups in total. The Morgan fingerprint density at radius 3 is 2.86 bits per heavy atom. The molecule has 1 aromatic carbocycles. The fourth-order valence-electron chi connectivity index (χ4n) is 1.18. The number of aliphatic hydroxyl groups is 1. The smallest absolute Gasteiger partial charge is 0.211 e. The SMILES string of the molecule is CCC(O)c1ccc(O)c(NC=O)c1. The van der Waals surface area contributed by atoms with Gasteiger partial charge in [-0.3, -0.25) is 4.79 Å². The molecule has 1 aromatic rings. The molecule has 0 saturated carbocycles. The Bertz CT molecular complexity index is 325. The van der Waals surface area contributed by atoms with Crippen LogP contribution in [-0.4, -0.2) is 16.6 Å². The topological polar surface area (TPSA) is 69.6 Å². The summed E-state index contributed by atoms with van der Waals surface area (Å²) in [5, 5.41) is 21.2. The van der Waals surface area contributed by atoms with E-state index in [9.17, 15) is 15.0 Å². The number of phenolic OH excluding ortho intramolecular Hbond substituents is 1. The fraction of sp³-hybridized carbons (Fsp3) is 0.300. The molecule has 0 heterocycles. The predicted molar refractivity (Wildman–Crippen MR) is 53.0 cm³/mol. The highest BCUT2D eigenvalue weighted by Crippen LogP contribution is 2.27. The first kappa shape index (κ1) is 10.5. The molecule has 1 rings (SSSR count). The molecule has 0 aliphatic heterocycles. The van der Waals surface area contributed by atoms with Gasteiger partial charge < -0.3 is 15.5 Å². The summed E-state index contributed by atoms with van der Waals surface area (Å²) in [4.78, 5) is 10.2. The van der Waals surface area contributed by atoms with Gasteiger partial charge in [0, 0.05) is 0 Å². The molecular formula is C10H13NO3. The van der Waals surface area contributed by atoms with Crippen molar-refractivity contribution in [2.45, 2.75) is 19.4 Å². The van der Waals surface area contributed by atoms with Crippen LogP contribution in [0.3, 0.4) is 0 Å². The van der Waals surface area contributed by atoms with Gasteiger partial charge in [0.2, 0.25) is 6.41 Å². The highest BCUT2D eigenvalue weighted by atomic mass is 16.3. The molecule has 0 aromatic heterocycles. The first-order chi connectivity index (χ1) is 6.69. The number of benzene rings is 1. The van der Waals surface area contributed by atoms with Crippen LogP contribution in [0.5, 0.6) is 5.75 Å². The van der Waals surface area contributed by atoms with E-state index < -0.39 is 6.10 Å². The van der Waals surface area contributed by atoms with Crippen LogP contribution in [0.25, 0.3) is 0 Å². The lowest BCUT2D eigenvalue weighted by atomic mass is 10.1. The van der Waals surface area contributed by atoms with Gasteiger partial charge in [-0.2, -0.15) is 0 Å². The molecule has 0 bridgehead atoms. The van der Waals surface area contributed by atoms with Crippen LogP contribution >= 0.6 is 0 Å². The van der Waals surface area contributed by atoms with Crippen LogP contribution in [0.2, 0.25) is 0 Å². The van der Waals surface area contributed by atoms with E-state index in [2.05, 4.69) is 5.32 Å². The number of aromatic hydroxyl groups is 1. The standard InChI is InChI=1S/C10H13NO3/c1-2-9(13)7-3-4-10(14)8(5-7)11-6-12/h3-6,9,13-14H,2H2,1H3,(H,11,12). The highest BCUT2D eigenvalue weighted by molar-refractivity contribution is 5.75. The summed E-state index contributed by atoms with van der Waals surface area (Å²) in [6, 6.07) is 4.62. The summed E-state index contributed by atoms with van der Waals surface area (Å²) in [6.45, 7) is 1.85. The molecule has 1 atom stereocenters. The number of nitrogens with one attached hydrogen (secondary N) is 1. The zero-order chi connectivity index (χ0) is 10.6. The fourth-order valence-corrected chi connectivity index (χ4v) is 1.18. The van der Waals surface area contributed by atoms with E-state index in [1.54, 1.807) is 12.1 Å². The number of anilines is 1. The summed E-state index contributed by atoms with van der Waals surface area (Å²) in [5.74, 6) is -0.0100. The van der Waals surface area contributed by atoms with E-state index in [-0.39, 0.29) is 5.75 Å². The van der Waals surface area contributed by atoms with Crippen LogP contribution in [0.4, 0.5) is 5.69 Å². The molecule has 0 saturated heterocycles. The summed E-state index contributed by atoms with van der Waals surface area (Å²) < 4.78 is 0. The van der Waals surface area contributed by atoms with Gasteiger partial charge in [-0.1, -0.05) is 13.0 Å². The molecule has 1 unspecified atom stereocenters. The van der Waals surface area contributed by atoms with Crippen molar-refractivity contribution in [3.05, 3.63) is 23.8 Å². The Morgan fingerprint density at radius 2 is 2.29 bits per heavy atom. The van der Waals surface area contributed by atoms with Crippen LogP contribution in [0.15, 0.2) is 18.2 Å². The van der Waals surface area contributed by atoms with Gasteiger partial charge in [-0.05, 0) is 24.1 Å². The number of hydrogen-bond acceptors (Lipinski definition) is 3. The van der Waals surface area contributed by atoms with Crippen molar-refractivity contribution in [3.63, 3.8) is 0 Å². The molecule has 0 aliphatic rings. The molecule has 4 heteroatoms. The first-order valence-corrected chi connectivity index (χ1v) is 4.40. The number of rotatable bonds is 4. The second-order valence-corrected chi connectivity index (χ2v) is 2.96. The molecule has 0 spiro atoms. The number of phenols is 1. The Balaban J connectivity index is 2.99. The normalized spacial score (nSPS) is 12.1. The van der Waals surface area contributed by atoms with Crippen molar-refractivity contribution in [1.82, 2.24) is 0 Å². The van der Waals surface area contributed by atoms with Gasteiger partial charge >= 0.3 is 0 Å². The minimum Gasteiger partial charge on any atom is -0.506 e. The lowest BCUT2D eigenvalue weighted by Crippen LogP contribution is -1.99. The van der Waals surface area contributed by atoms with Gasteiger partial charge in [0.1, 0.15) is 5.75 Å². The summed E-state index contributed by atoms with van der Waals surface area (Å²) in [5.41, 5.74) is 0.986. The molecular weight excluding hydrogens is 182 g/mol. The predicted octanol–water partition coefficient (Wildman–Crippen LogP) is 1.40. The molecule has 0 aliphatic carbocycles. The van der Waals surface area contributed by atoms with Crippen molar-refractivity contribution in [1.29, 1.82) is 0 Å². The van der Waals surface area contributed by atoms with Gasteiger partial charge in [0.15, 0.2) is 0 Å².